The van der Waals surface area contributed by atoms with Crippen molar-refractivity contribution >= 4 is 29.0 Å². The van der Waals surface area contributed by atoms with Crippen LogP contribution >= 0.6 is 11.6 Å². The minimum atomic E-state index is -0.752. The van der Waals surface area contributed by atoms with Crippen molar-refractivity contribution in [2.45, 2.75) is 13.0 Å². The van der Waals surface area contributed by atoms with Gasteiger partial charge >= 0.3 is 0 Å². The minimum absolute atomic E-state index is 0.0986. The smallest absolute Gasteiger partial charge is 0.258 e. The Morgan fingerprint density at radius 2 is 1.82 bits per heavy atom. The fourth-order valence-corrected chi connectivity index (χ4v) is 2.23. The van der Waals surface area contributed by atoms with E-state index < -0.39 is 6.10 Å². The molecule has 1 atom stereocenters. The zero-order valence-electron chi connectivity index (χ0n) is 12.3. The second-order valence-electron chi connectivity index (χ2n) is 4.77. The third-order valence-corrected chi connectivity index (χ3v) is 3.54. The Morgan fingerprint density at radius 1 is 1.14 bits per heavy atom. The van der Waals surface area contributed by atoms with E-state index in [0.717, 1.165) is 5.56 Å². The average molecular weight is 318 g/mol. The first-order chi connectivity index (χ1) is 10.5. The predicted molar refractivity (Wildman–Crippen MR) is 86.3 cm³/mol. The standard InChI is InChI=1S/C17H16ClNO3/c1-11(20)13-8-9-14(18)15(10-13)19-17(21)16(22-2)12-6-4-3-5-7-12/h3-10,16H,1-2H3,(H,19,21)/t16-/m0/s1. The third kappa shape index (κ3) is 3.72. The molecule has 22 heavy (non-hydrogen) atoms. The van der Waals surface area contributed by atoms with E-state index in [1.54, 1.807) is 30.3 Å². The minimum Gasteiger partial charge on any atom is -0.367 e. The number of hydrogen-bond acceptors (Lipinski definition) is 3. The van der Waals surface area contributed by atoms with Crippen LogP contribution in [-0.2, 0) is 9.53 Å². The number of ketones is 1. The number of ether oxygens (including phenoxy) is 1. The van der Waals surface area contributed by atoms with Crippen LogP contribution in [0.5, 0.6) is 0 Å². The zero-order chi connectivity index (χ0) is 16.1. The summed E-state index contributed by atoms with van der Waals surface area (Å²) in [7, 11) is 1.46. The van der Waals surface area contributed by atoms with E-state index in [4.69, 9.17) is 16.3 Å². The van der Waals surface area contributed by atoms with Gasteiger partial charge < -0.3 is 10.1 Å². The lowest BCUT2D eigenvalue weighted by atomic mass is 10.1. The molecule has 0 bridgehead atoms. The lowest BCUT2D eigenvalue weighted by molar-refractivity contribution is -0.126. The highest BCUT2D eigenvalue weighted by atomic mass is 35.5. The van der Waals surface area contributed by atoms with Crippen molar-refractivity contribution in [2.75, 3.05) is 12.4 Å². The number of amides is 1. The molecule has 2 rings (SSSR count). The molecule has 2 aromatic carbocycles. The summed E-state index contributed by atoms with van der Waals surface area (Å²) in [5.41, 5.74) is 1.60. The molecule has 114 valence electrons. The zero-order valence-corrected chi connectivity index (χ0v) is 13.1. The Balaban J connectivity index is 2.24. The van der Waals surface area contributed by atoms with Crippen molar-refractivity contribution in [3.05, 3.63) is 64.7 Å². The van der Waals surface area contributed by atoms with Crippen molar-refractivity contribution in [3.63, 3.8) is 0 Å². The van der Waals surface area contributed by atoms with E-state index in [2.05, 4.69) is 5.32 Å². The highest BCUT2D eigenvalue weighted by molar-refractivity contribution is 6.34. The summed E-state index contributed by atoms with van der Waals surface area (Å²) in [4.78, 5) is 23.8. The Morgan fingerprint density at radius 3 is 2.41 bits per heavy atom. The van der Waals surface area contributed by atoms with Crippen molar-refractivity contribution < 1.29 is 14.3 Å². The van der Waals surface area contributed by atoms with Gasteiger partial charge in [-0.3, -0.25) is 9.59 Å². The van der Waals surface area contributed by atoms with Crippen LogP contribution in [0.3, 0.4) is 0 Å². The molecular formula is C17H16ClNO3. The molecule has 0 aliphatic heterocycles. The molecule has 2 aromatic rings. The highest BCUT2D eigenvalue weighted by Gasteiger charge is 2.21. The van der Waals surface area contributed by atoms with Gasteiger partial charge in [0, 0.05) is 12.7 Å². The monoisotopic (exact) mass is 317 g/mol. The normalized spacial score (nSPS) is 11.8. The van der Waals surface area contributed by atoms with E-state index in [9.17, 15) is 9.59 Å². The second-order valence-corrected chi connectivity index (χ2v) is 5.17. The Hall–Kier alpha value is -2.17. The number of carbonyl (C=O) groups excluding carboxylic acids is 2. The van der Waals surface area contributed by atoms with Crippen molar-refractivity contribution in [3.8, 4) is 0 Å². The van der Waals surface area contributed by atoms with Gasteiger partial charge in [-0.1, -0.05) is 41.9 Å². The SMILES string of the molecule is CO[C@H](C(=O)Nc1cc(C(C)=O)ccc1Cl)c1ccccc1. The summed E-state index contributed by atoms with van der Waals surface area (Å²) in [6, 6.07) is 13.9. The lowest BCUT2D eigenvalue weighted by Crippen LogP contribution is -2.22. The molecule has 0 saturated heterocycles. The van der Waals surface area contributed by atoms with Gasteiger partial charge in [0.1, 0.15) is 0 Å². The van der Waals surface area contributed by atoms with Crippen LogP contribution in [0.25, 0.3) is 0 Å². The van der Waals surface area contributed by atoms with Gasteiger partial charge in [-0.05, 0) is 30.7 Å². The molecule has 0 aliphatic rings. The van der Waals surface area contributed by atoms with Crippen LogP contribution < -0.4 is 5.32 Å². The largest absolute Gasteiger partial charge is 0.367 e. The molecule has 0 radical (unpaired) electrons. The molecule has 0 saturated carbocycles. The van der Waals surface area contributed by atoms with Crippen molar-refractivity contribution in [1.82, 2.24) is 0 Å². The lowest BCUT2D eigenvalue weighted by Gasteiger charge is -2.16. The van der Waals surface area contributed by atoms with Gasteiger partial charge in [0.2, 0.25) is 0 Å². The number of Topliss-reactive ketones (excluding diaryl/α,β-unsaturated/α-hetero) is 1. The van der Waals surface area contributed by atoms with Gasteiger partial charge in [0.05, 0.1) is 10.7 Å². The Kier molecular flexibility index (Phi) is 5.31. The van der Waals surface area contributed by atoms with Crippen molar-refractivity contribution in [2.24, 2.45) is 0 Å². The fraction of sp³-hybridized carbons (Fsp3) is 0.176. The summed E-state index contributed by atoms with van der Waals surface area (Å²) in [5.74, 6) is -0.449. The highest BCUT2D eigenvalue weighted by Crippen LogP contribution is 2.26. The molecule has 0 unspecified atom stereocenters. The van der Waals surface area contributed by atoms with Crippen molar-refractivity contribution in [1.29, 1.82) is 0 Å². The first-order valence-electron chi connectivity index (χ1n) is 6.72. The number of hydrogen-bond donors (Lipinski definition) is 1. The quantitative estimate of drug-likeness (QED) is 0.852. The van der Waals surface area contributed by atoms with Gasteiger partial charge in [0.25, 0.3) is 5.91 Å². The number of benzene rings is 2. The summed E-state index contributed by atoms with van der Waals surface area (Å²) in [6.45, 7) is 1.46. The Bertz CT molecular complexity index is 686. The molecule has 0 fully saturated rings. The maximum atomic E-state index is 12.4. The summed E-state index contributed by atoms with van der Waals surface area (Å²) >= 11 is 6.07. The van der Waals surface area contributed by atoms with E-state index >= 15 is 0 Å². The summed E-state index contributed by atoms with van der Waals surface area (Å²) < 4.78 is 5.27. The van der Waals surface area contributed by atoms with Crippen LogP contribution in [0.4, 0.5) is 5.69 Å². The topological polar surface area (TPSA) is 55.4 Å². The van der Waals surface area contributed by atoms with Crippen LogP contribution in [0.15, 0.2) is 48.5 Å². The number of nitrogens with one attached hydrogen (secondary N) is 1. The molecular weight excluding hydrogens is 302 g/mol. The summed E-state index contributed by atoms with van der Waals surface area (Å²) in [5, 5.41) is 3.07. The number of methoxy groups -OCH3 is 1. The first-order valence-corrected chi connectivity index (χ1v) is 7.10. The molecule has 0 aromatic heterocycles. The van der Waals surface area contributed by atoms with Gasteiger partial charge in [-0.2, -0.15) is 0 Å². The first kappa shape index (κ1) is 16.2. The molecule has 0 heterocycles. The number of halogens is 1. The molecule has 0 aliphatic carbocycles. The molecule has 4 nitrogen and oxygen atoms in total. The van der Waals surface area contributed by atoms with Gasteiger partial charge in [-0.15, -0.1) is 0 Å². The van der Waals surface area contributed by atoms with Crippen LogP contribution in [0.1, 0.15) is 28.9 Å². The van der Waals surface area contributed by atoms with E-state index in [0.29, 0.717) is 16.3 Å². The molecule has 5 heteroatoms. The average Bonchev–Trinajstić information content (AvgIpc) is 2.51. The van der Waals surface area contributed by atoms with E-state index in [1.165, 1.54) is 14.0 Å². The van der Waals surface area contributed by atoms with Gasteiger partial charge in [0.15, 0.2) is 11.9 Å². The molecule has 1 amide bonds. The predicted octanol–water partition coefficient (Wildman–Crippen LogP) is 3.87. The second kappa shape index (κ2) is 7.20. The third-order valence-electron chi connectivity index (χ3n) is 3.21. The number of carbonyl (C=O) groups is 2. The van der Waals surface area contributed by atoms with Gasteiger partial charge in [-0.25, -0.2) is 0 Å². The molecule has 0 spiro atoms. The number of anilines is 1. The molecule has 1 N–H and O–H groups in total. The maximum Gasteiger partial charge on any atom is 0.258 e. The van der Waals surface area contributed by atoms with Crippen LogP contribution in [0.2, 0.25) is 5.02 Å². The number of rotatable bonds is 5. The fourth-order valence-electron chi connectivity index (χ4n) is 2.06. The van der Waals surface area contributed by atoms with E-state index in [1.807, 2.05) is 18.2 Å². The Labute approximate surface area is 134 Å². The van der Waals surface area contributed by atoms with Crippen LogP contribution in [-0.4, -0.2) is 18.8 Å². The van der Waals surface area contributed by atoms with Crippen LogP contribution in [0, 0.1) is 0 Å². The van der Waals surface area contributed by atoms with E-state index in [-0.39, 0.29) is 11.7 Å². The maximum absolute atomic E-state index is 12.4. The summed E-state index contributed by atoms with van der Waals surface area (Å²) in [6.07, 6.45) is -0.752.